The van der Waals surface area contributed by atoms with Crippen molar-refractivity contribution in [2.45, 2.75) is 53.1 Å². The average molecular weight is 862 g/mol. The number of aromatic nitrogens is 4. The van der Waals surface area contributed by atoms with Crippen molar-refractivity contribution in [2.75, 3.05) is 77.4 Å². The molecule has 2 atom stereocenters. The molecule has 6 aromatic rings. The van der Waals surface area contributed by atoms with Crippen molar-refractivity contribution in [3.63, 3.8) is 0 Å². The minimum absolute atomic E-state index is 0.152. The average Bonchev–Trinajstić information content (AvgIpc) is 3.96. The van der Waals surface area contributed by atoms with Crippen LogP contribution in [0.1, 0.15) is 44.7 Å². The molecule has 4 aromatic heterocycles. The molecule has 13 heteroatoms. The molecule has 2 aliphatic rings. The van der Waals surface area contributed by atoms with Gasteiger partial charge in [-0.2, -0.15) is 0 Å². The predicted molar refractivity (Wildman–Crippen MR) is 253 cm³/mol. The quantitative estimate of drug-likeness (QED) is 0.142. The van der Waals surface area contributed by atoms with Crippen LogP contribution in [0.25, 0.3) is 44.3 Å². The second kappa shape index (κ2) is 20.5. The van der Waals surface area contributed by atoms with Gasteiger partial charge in [-0.3, -0.25) is 9.97 Å². The lowest BCUT2D eigenvalue weighted by atomic mass is 10.1. The number of aliphatic hydroxyl groups excluding tert-OH is 1. The molecule has 2 aliphatic heterocycles. The van der Waals surface area contributed by atoms with Crippen LogP contribution >= 0.6 is 11.6 Å². The number of halogens is 1. The lowest BCUT2D eigenvalue weighted by molar-refractivity contribution is 0.0284. The van der Waals surface area contributed by atoms with Crippen molar-refractivity contribution in [1.82, 2.24) is 30.2 Å². The van der Waals surface area contributed by atoms with Gasteiger partial charge in [-0.15, -0.1) is 0 Å². The smallest absolute Gasteiger partial charge is 0.410 e. The highest BCUT2D eigenvalue weighted by atomic mass is 35.5. The number of aliphatic hydroxyl groups is 1. The summed E-state index contributed by atoms with van der Waals surface area (Å²) in [4.78, 5) is 35.7. The number of hydrogen-bond donors (Lipinski definition) is 2. The van der Waals surface area contributed by atoms with Crippen molar-refractivity contribution >= 4 is 50.9 Å². The van der Waals surface area contributed by atoms with Crippen molar-refractivity contribution in [1.29, 1.82) is 0 Å². The van der Waals surface area contributed by atoms with Crippen LogP contribution in [-0.4, -0.2) is 109 Å². The van der Waals surface area contributed by atoms with Gasteiger partial charge >= 0.3 is 6.09 Å². The number of amides is 1. The third-order valence-electron chi connectivity index (χ3n) is 10.9. The van der Waals surface area contributed by atoms with Crippen molar-refractivity contribution in [2.24, 2.45) is 11.8 Å². The van der Waals surface area contributed by atoms with Gasteiger partial charge in [0.2, 0.25) is 5.88 Å². The Morgan fingerprint density at radius 2 is 1.40 bits per heavy atom. The maximum atomic E-state index is 11.5. The highest BCUT2D eigenvalue weighted by molar-refractivity contribution is 6.34. The maximum absolute atomic E-state index is 11.5. The van der Waals surface area contributed by atoms with Gasteiger partial charge in [0.25, 0.3) is 0 Å². The van der Waals surface area contributed by atoms with Gasteiger partial charge in [0.15, 0.2) is 0 Å². The van der Waals surface area contributed by atoms with E-state index in [-0.39, 0.29) is 18.6 Å². The summed E-state index contributed by atoms with van der Waals surface area (Å²) in [7, 11) is 8.20. The second-order valence-electron chi connectivity index (χ2n) is 17.5. The van der Waals surface area contributed by atoms with E-state index in [0.29, 0.717) is 36.6 Å². The number of carbonyl (C=O) groups is 1. The van der Waals surface area contributed by atoms with Crippen molar-refractivity contribution in [3.05, 3.63) is 101 Å². The first kappa shape index (κ1) is 46.0. The fourth-order valence-electron chi connectivity index (χ4n) is 7.65. The van der Waals surface area contributed by atoms with Gasteiger partial charge in [-0.1, -0.05) is 23.7 Å². The van der Waals surface area contributed by atoms with Gasteiger partial charge in [0, 0.05) is 107 Å². The van der Waals surface area contributed by atoms with E-state index in [1.807, 2.05) is 77.5 Å². The lowest BCUT2D eigenvalue weighted by Gasteiger charge is -2.24. The van der Waals surface area contributed by atoms with Crippen LogP contribution in [-0.2, 0) is 4.74 Å². The molecule has 2 aromatic carbocycles. The highest BCUT2D eigenvalue weighted by Crippen LogP contribution is 2.32. The molecule has 328 valence electrons. The molecule has 2 N–H and O–H groups in total. The monoisotopic (exact) mass is 860 g/mol. The van der Waals surface area contributed by atoms with E-state index in [0.717, 1.165) is 70.3 Å². The van der Waals surface area contributed by atoms with Gasteiger partial charge < -0.3 is 34.6 Å². The first-order valence-corrected chi connectivity index (χ1v) is 21.6. The number of likely N-dealkylation sites (tertiary alicyclic amines) is 1. The van der Waals surface area contributed by atoms with Crippen LogP contribution in [0.15, 0.2) is 85.2 Å². The summed E-state index contributed by atoms with van der Waals surface area (Å²) in [5.41, 5.74) is 10.1. The molecule has 2 fully saturated rings. The normalized spacial score (nSPS) is 16.0. The van der Waals surface area contributed by atoms with Crippen molar-refractivity contribution in [3.8, 4) is 28.4 Å². The molecule has 0 spiro atoms. The van der Waals surface area contributed by atoms with Gasteiger partial charge in [0.1, 0.15) is 10.8 Å². The molecule has 12 nitrogen and oxygen atoms in total. The number of fused-ring (bicyclic) bond motifs is 2. The predicted octanol–water partition coefficient (Wildman–Crippen LogP) is 9.22. The van der Waals surface area contributed by atoms with Crippen LogP contribution in [0, 0.1) is 25.7 Å². The summed E-state index contributed by atoms with van der Waals surface area (Å²) in [5, 5.41) is 14.6. The Bertz CT molecular complexity index is 2470. The molecule has 62 heavy (non-hydrogen) atoms. The van der Waals surface area contributed by atoms with Gasteiger partial charge in [-0.25, -0.2) is 14.8 Å². The minimum Gasteiger partial charge on any atom is -0.477 e. The van der Waals surface area contributed by atoms with Crippen LogP contribution in [0.3, 0.4) is 0 Å². The molecule has 0 radical (unpaired) electrons. The highest BCUT2D eigenvalue weighted by Gasteiger charge is 2.29. The summed E-state index contributed by atoms with van der Waals surface area (Å²) in [5.74, 6) is 1.45. The Morgan fingerprint density at radius 1 is 0.823 bits per heavy atom. The Balaban J connectivity index is 0.000000164. The van der Waals surface area contributed by atoms with E-state index in [1.165, 1.54) is 22.5 Å². The van der Waals surface area contributed by atoms with Crippen molar-refractivity contribution < 1.29 is 19.4 Å². The Kier molecular flexibility index (Phi) is 15.2. The molecule has 0 aliphatic carbocycles. The standard InChI is InChI=1S/C22H26N4O.C17H16ClN3.C10H19NO3/c1-15-11-17(6-7-21(15)26(2)3)19-12-20-18(5-4-9-24-20)22(25-19)27-14-16-8-10-23-13-16;1-11-9-12(6-7-16(11)21(2)3)14-10-15-13(17(18)20-14)5-4-8-19-15;1-10(2,3)14-9(13)11-5-4-8(6-11)7-12/h4-7,9,11-12,16,23H,8,10,13-14H2,1-3H3;4-10H,1-3H3;8,12H,4-7H2,1-3H3/t16-;;8-/m0.0/s1. The van der Waals surface area contributed by atoms with Gasteiger partial charge in [-0.05, 0) is 126 Å². The van der Waals surface area contributed by atoms with Crippen LogP contribution in [0.4, 0.5) is 16.2 Å². The number of pyridine rings is 4. The first-order valence-electron chi connectivity index (χ1n) is 21.3. The zero-order valence-electron chi connectivity index (χ0n) is 37.6. The minimum atomic E-state index is -0.436. The van der Waals surface area contributed by atoms with Gasteiger partial charge in [0.05, 0.1) is 34.4 Å². The van der Waals surface area contributed by atoms with Crippen LogP contribution < -0.4 is 19.9 Å². The number of nitrogens with one attached hydrogen (secondary N) is 1. The van der Waals surface area contributed by atoms with E-state index < -0.39 is 5.60 Å². The topological polar surface area (TPSA) is 129 Å². The molecule has 6 heterocycles. The number of rotatable bonds is 8. The number of nitrogens with zero attached hydrogens (tertiary/aromatic N) is 7. The fraction of sp³-hybridized carbons (Fsp3) is 0.408. The molecule has 0 bridgehead atoms. The summed E-state index contributed by atoms with van der Waals surface area (Å²) in [6.45, 7) is 14.0. The lowest BCUT2D eigenvalue weighted by Crippen LogP contribution is -2.35. The fourth-order valence-corrected chi connectivity index (χ4v) is 7.90. The number of aryl methyl sites for hydroxylation is 2. The number of anilines is 2. The third kappa shape index (κ3) is 11.9. The summed E-state index contributed by atoms with van der Waals surface area (Å²) >= 11 is 6.27. The van der Waals surface area contributed by atoms with Crippen LogP contribution in [0.5, 0.6) is 5.88 Å². The summed E-state index contributed by atoms with van der Waals surface area (Å²) in [6.07, 6.45) is 5.34. The van der Waals surface area contributed by atoms with E-state index >= 15 is 0 Å². The number of benzene rings is 2. The number of carbonyl (C=O) groups excluding carboxylic acids is 1. The summed E-state index contributed by atoms with van der Waals surface area (Å²) < 4.78 is 11.4. The SMILES string of the molecule is CC(C)(C)OC(=O)N1CC[C@H](CO)C1.Cc1cc(-c2cc3ncccc3c(Cl)n2)ccc1N(C)C.Cc1cc(-c2cc3ncccc3c(OC[C@H]3CCNC3)n2)ccc1N(C)C. The second-order valence-corrected chi connectivity index (χ2v) is 17.8. The molecular weight excluding hydrogens is 800 g/mol. The molecular formula is C49H61ClN8O4. The first-order chi connectivity index (χ1) is 29.6. The molecule has 0 unspecified atom stereocenters. The van der Waals surface area contributed by atoms with E-state index in [9.17, 15) is 4.79 Å². The summed E-state index contributed by atoms with van der Waals surface area (Å²) in [6, 6.07) is 24.5. The largest absolute Gasteiger partial charge is 0.477 e. The molecule has 2 saturated heterocycles. The zero-order chi connectivity index (χ0) is 44.6. The molecule has 1 amide bonds. The van der Waals surface area contributed by atoms with Crippen LogP contribution in [0.2, 0.25) is 5.15 Å². The Morgan fingerprint density at radius 3 is 1.92 bits per heavy atom. The van der Waals surface area contributed by atoms with E-state index in [4.69, 9.17) is 31.2 Å². The third-order valence-corrected chi connectivity index (χ3v) is 11.2. The molecule has 0 saturated carbocycles. The Labute approximate surface area is 371 Å². The maximum Gasteiger partial charge on any atom is 0.410 e. The molecule has 8 rings (SSSR count). The zero-order valence-corrected chi connectivity index (χ0v) is 38.3. The van der Waals surface area contributed by atoms with E-state index in [1.54, 1.807) is 11.1 Å². The Hall–Kier alpha value is -5.56. The van der Waals surface area contributed by atoms with E-state index in [2.05, 4.69) is 94.4 Å². The number of ether oxygens (including phenoxy) is 2. The number of hydrogen-bond acceptors (Lipinski definition) is 11.